The molecule has 2 N–H and O–H groups in total. The van der Waals surface area contributed by atoms with E-state index in [-0.39, 0.29) is 0 Å². The predicted molar refractivity (Wildman–Crippen MR) is 86.9 cm³/mol. The molecule has 0 spiro atoms. The van der Waals surface area contributed by atoms with Gasteiger partial charge in [0.2, 0.25) is 0 Å². The summed E-state index contributed by atoms with van der Waals surface area (Å²) in [5.41, 5.74) is -0.0817. The van der Waals surface area contributed by atoms with E-state index < -0.39 is 11.5 Å². The van der Waals surface area contributed by atoms with Gasteiger partial charge in [0, 0.05) is 10.7 Å². The molecule has 0 heterocycles. The maximum absolute atomic E-state index is 11.9. The van der Waals surface area contributed by atoms with Crippen LogP contribution >= 0.6 is 11.6 Å². The highest BCUT2D eigenvalue weighted by Crippen LogP contribution is 2.36. The Morgan fingerprint density at radius 1 is 1.38 bits per heavy atom. The smallest absolute Gasteiger partial charge is 0.329 e. The second-order valence-electron chi connectivity index (χ2n) is 6.46. The van der Waals surface area contributed by atoms with Gasteiger partial charge in [0.05, 0.1) is 0 Å². The molecule has 1 fully saturated rings. The lowest BCUT2D eigenvalue weighted by Gasteiger charge is -2.31. The Hall–Kier alpha value is -1.22. The van der Waals surface area contributed by atoms with E-state index in [1.165, 1.54) is 0 Å². The molecule has 1 aromatic carbocycles. The molecule has 0 saturated heterocycles. The minimum atomic E-state index is -0.867. The lowest BCUT2D eigenvalue weighted by Crippen LogP contribution is -2.46. The van der Waals surface area contributed by atoms with Crippen molar-refractivity contribution in [3.8, 4) is 0 Å². The van der Waals surface area contributed by atoms with Crippen LogP contribution in [0.1, 0.15) is 46.0 Å². The summed E-state index contributed by atoms with van der Waals surface area (Å²) in [4.78, 5) is 11.9. The normalized spacial score (nSPS) is 26.4. The molecular formula is C17H24ClNO2. The van der Waals surface area contributed by atoms with E-state index >= 15 is 0 Å². The lowest BCUT2D eigenvalue weighted by molar-refractivity contribution is -0.142. The molecule has 0 bridgehead atoms. The molecule has 2 rings (SSSR count). The summed E-state index contributed by atoms with van der Waals surface area (Å²) in [6.45, 7) is 4.45. The van der Waals surface area contributed by atoms with Crippen molar-refractivity contribution in [1.29, 1.82) is 0 Å². The van der Waals surface area contributed by atoms with Gasteiger partial charge in [-0.25, -0.2) is 4.79 Å². The molecule has 116 valence electrons. The Morgan fingerprint density at radius 3 is 2.76 bits per heavy atom. The van der Waals surface area contributed by atoms with Crippen LogP contribution in [0.4, 0.5) is 5.69 Å². The van der Waals surface area contributed by atoms with Crippen molar-refractivity contribution >= 4 is 23.3 Å². The van der Waals surface area contributed by atoms with Gasteiger partial charge in [-0.3, -0.25) is 0 Å². The molecule has 3 nitrogen and oxygen atoms in total. The third kappa shape index (κ3) is 3.91. The molecule has 21 heavy (non-hydrogen) atoms. The van der Waals surface area contributed by atoms with Gasteiger partial charge >= 0.3 is 5.97 Å². The molecule has 1 saturated carbocycles. The zero-order valence-corrected chi connectivity index (χ0v) is 13.5. The quantitative estimate of drug-likeness (QED) is 0.785. The van der Waals surface area contributed by atoms with E-state index in [4.69, 9.17) is 11.6 Å². The second kappa shape index (κ2) is 6.69. The van der Waals surface area contributed by atoms with Crippen molar-refractivity contribution in [2.75, 3.05) is 5.32 Å². The number of carbonyl (C=O) groups is 1. The van der Waals surface area contributed by atoms with Gasteiger partial charge in [-0.1, -0.05) is 44.4 Å². The maximum atomic E-state index is 11.9. The fourth-order valence-electron chi connectivity index (χ4n) is 3.27. The average molecular weight is 310 g/mol. The topological polar surface area (TPSA) is 49.3 Å². The summed E-state index contributed by atoms with van der Waals surface area (Å²) in [5, 5.41) is 13.6. The van der Waals surface area contributed by atoms with Crippen LogP contribution in [0.3, 0.4) is 0 Å². The highest BCUT2D eigenvalue weighted by atomic mass is 35.5. The fourth-order valence-corrected chi connectivity index (χ4v) is 3.46. The molecule has 0 aliphatic heterocycles. The first kappa shape index (κ1) is 16.2. The Kier molecular flexibility index (Phi) is 5.15. The van der Waals surface area contributed by atoms with E-state index in [0.717, 1.165) is 24.9 Å². The number of halogens is 1. The summed E-state index contributed by atoms with van der Waals surface area (Å²) < 4.78 is 0. The molecular weight excluding hydrogens is 286 g/mol. The third-order valence-electron chi connectivity index (χ3n) is 4.68. The standard InChI is InChI=1S/C17H24ClNO2/c1-12(2)13-5-4-9-17(10-8-13,16(20)21)19-15-7-3-6-14(18)11-15/h3,6-7,11-13,19H,4-5,8-10H2,1-2H3,(H,20,21). The maximum Gasteiger partial charge on any atom is 0.329 e. The number of rotatable bonds is 4. The summed E-state index contributed by atoms with van der Waals surface area (Å²) in [5.74, 6) is 0.472. The number of carboxylic acids is 1. The molecule has 4 heteroatoms. The SMILES string of the molecule is CC(C)C1CCCC(Nc2cccc(Cl)c2)(C(=O)O)CC1. The zero-order chi connectivity index (χ0) is 15.5. The largest absolute Gasteiger partial charge is 0.480 e. The molecule has 1 aromatic rings. The van der Waals surface area contributed by atoms with E-state index in [0.29, 0.717) is 29.7 Å². The Bertz CT molecular complexity index is 503. The van der Waals surface area contributed by atoms with Crippen molar-refractivity contribution in [2.24, 2.45) is 11.8 Å². The van der Waals surface area contributed by atoms with Gasteiger partial charge in [0.1, 0.15) is 5.54 Å². The van der Waals surface area contributed by atoms with Crippen molar-refractivity contribution in [2.45, 2.75) is 51.5 Å². The second-order valence-corrected chi connectivity index (χ2v) is 6.89. The number of hydrogen-bond acceptors (Lipinski definition) is 2. The summed E-state index contributed by atoms with van der Waals surface area (Å²) >= 11 is 6.00. The van der Waals surface area contributed by atoms with E-state index in [1.807, 2.05) is 12.1 Å². The minimum absolute atomic E-state index is 0.612. The number of carboxylic acid groups (broad SMARTS) is 1. The van der Waals surface area contributed by atoms with Crippen LogP contribution in [-0.2, 0) is 4.79 Å². The molecule has 1 aliphatic rings. The first-order chi connectivity index (χ1) is 9.93. The van der Waals surface area contributed by atoms with E-state index in [9.17, 15) is 9.90 Å². The van der Waals surface area contributed by atoms with Gasteiger partial charge in [-0.05, 0) is 49.3 Å². The third-order valence-corrected chi connectivity index (χ3v) is 4.92. The molecule has 0 amide bonds. The number of aliphatic carboxylic acids is 1. The van der Waals surface area contributed by atoms with E-state index in [2.05, 4.69) is 19.2 Å². The molecule has 1 aliphatic carbocycles. The van der Waals surface area contributed by atoms with E-state index in [1.54, 1.807) is 12.1 Å². The van der Waals surface area contributed by atoms with Gasteiger partial charge in [-0.2, -0.15) is 0 Å². The van der Waals surface area contributed by atoms with Crippen LogP contribution in [0.25, 0.3) is 0 Å². The van der Waals surface area contributed by atoms with Crippen molar-refractivity contribution in [3.05, 3.63) is 29.3 Å². The van der Waals surface area contributed by atoms with Crippen LogP contribution in [-0.4, -0.2) is 16.6 Å². The monoisotopic (exact) mass is 309 g/mol. The minimum Gasteiger partial charge on any atom is -0.480 e. The number of benzene rings is 1. The Labute approximate surface area is 131 Å². The van der Waals surface area contributed by atoms with Gasteiger partial charge in [-0.15, -0.1) is 0 Å². The molecule has 0 aromatic heterocycles. The number of hydrogen-bond donors (Lipinski definition) is 2. The fraction of sp³-hybridized carbons (Fsp3) is 0.588. The van der Waals surface area contributed by atoms with Crippen molar-refractivity contribution in [3.63, 3.8) is 0 Å². The molecule has 2 unspecified atom stereocenters. The molecule has 0 radical (unpaired) electrons. The predicted octanol–water partition coefficient (Wildman–Crippen LogP) is 4.81. The number of anilines is 1. The zero-order valence-electron chi connectivity index (χ0n) is 12.7. The number of nitrogens with one attached hydrogen (secondary N) is 1. The Balaban J connectivity index is 2.19. The first-order valence-corrected chi connectivity index (χ1v) is 8.08. The summed E-state index contributed by atoms with van der Waals surface area (Å²) in [7, 11) is 0. The van der Waals surface area contributed by atoms with Gasteiger partial charge < -0.3 is 10.4 Å². The molecule has 2 atom stereocenters. The van der Waals surface area contributed by atoms with Crippen molar-refractivity contribution in [1.82, 2.24) is 0 Å². The first-order valence-electron chi connectivity index (χ1n) is 7.70. The van der Waals surface area contributed by atoms with Crippen LogP contribution in [0.15, 0.2) is 24.3 Å². The lowest BCUT2D eigenvalue weighted by atomic mass is 9.86. The summed E-state index contributed by atoms with van der Waals surface area (Å²) in [6, 6.07) is 7.30. The van der Waals surface area contributed by atoms with Crippen LogP contribution in [0.5, 0.6) is 0 Å². The average Bonchev–Trinajstić information content (AvgIpc) is 2.62. The van der Waals surface area contributed by atoms with Crippen molar-refractivity contribution < 1.29 is 9.90 Å². The Morgan fingerprint density at radius 2 is 2.14 bits per heavy atom. The van der Waals surface area contributed by atoms with Gasteiger partial charge in [0.15, 0.2) is 0 Å². The van der Waals surface area contributed by atoms with Crippen LogP contribution < -0.4 is 5.32 Å². The summed E-state index contributed by atoms with van der Waals surface area (Å²) in [6.07, 6.45) is 4.35. The van der Waals surface area contributed by atoms with Gasteiger partial charge in [0.25, 0.3) is 0 Å². The van der Waals surface area contributed by atoms with Crippen LogP contribution in [0.2, 0.25) is 5.02 Å². The highest BCUT2D eigenvalue weighted by molar-refractivity contribution is 6.30. The highest BCUT2D eigenvalue weighted by Gasteiger charge is 2.40. The van der Waals surface area contributed by atoms with Crippen LogP contribution in [0, 0.1) is 11.8 Å².